The lowest BCUT2D eigenvalue weighted by atomic mass is 9.64. The van der Waals surface area contributed by atoms with E-state index in [1.165, 1.54) is 0 Å². The molecule has 2 aliphatic heterocycles. The highest BCUT2D eigenvalue weighted by atomic mass is 16.6. The van der Waals surface area contributed by atoms with Crippen LogP contribution in [0.1, 0.15) is 31.7 Å². The van der Waals surface area contributed by atoms with Gasteiger partial charge in [-0.15, -0.1) is 0 Å². The molecule has 2 heterocycles. The lowest BCUT2D eigenvalue weighted by molar-refractivity contribution is -0.163. The maximum Gasteiger partial charge on any atom is 0.309 e. The number of hydrogen-bond acceptors (Lipinski definition) is 5. The summed E-state index contributed by atoms with van der Waals surface area (Å²) in [6.45, 7) is 4.32. The molecule has 0 aromatic heterocycles. The fourth-order valence-corrected chi connectivity index (χ4v) is 4.66. The third-order valence-corrected chi connectivity index (χ3v) is 6.07. The second kappa shape index (κ2) is 7.81. The summed E-state index contributed by atoms with van der Waals surface area (Å²) in [5.74, 6) is -1.23. The largest absolute Gasteiger partial charge is 0.378 e. The number of ether oxygens (including phenoxy) is 3. The van der Waals surface area contributed by atoms with Gasteiger partial charge < -0.3 is 24.8 Å². The first kappa shape index (κ1) is 19.4. The fourth-order valence-electron chi connectivity index (χ4n) is 4.66. The molecule has 3 aliphatic rings. The lowest BCUT2D eigenvalue weighted by Gasteiger charge is -2.44. The molecule has 1 aliphatic carbocycles. The van der Waals surface area contributed by atoms with Gasteiger partial charge >= 0.3 is 11.8 Å². The van der Waals surface area contributed by atoms with Crippen molar-refractivity contribution >= 4 is 11.8 Å². The van der Waals surface area contributed by atoms with E-state index in [0.29, 0.717) is 19.8 Å². The quantitative estimate of drug-likeness (QED) is 0.755. The molecule has 7 nitrogen and oxygen atoms in total. The van der Waals surface area contributed by atoms with Gasteiger partial charge in [-0.3, -0.25) is 9.59 Å². The molecule has 2 saturated heterocycles. The second-order valence-corrected chi connectivity index (χ2v) is 8.35. The predicted octanol–water partition coefficient (Wildman–Crippen LogP) is 1.12. The molecule has 1 saturated carbocycles. The van der Waals surface area contributed by atoms with Gasteiger partial charge in [-0.05, 0) is 31.7 Å². The van der Waals surface area contributed by atoms with E-state index in [9.17, 15) is 9.59 Å². The van der Waals surface area contributed by atoms with Crippen molar-refractivity contribution < 1.29 is 23.8 Å². The Morgan fingerprint density at radius 2 is 1.86 bits per heavy atom. The second-order valence-electron chi connectivity index (χ2n) is 8.35. The van der Waals surface area contributed by atoms with Crippen molar-refractivity contribution in [2.75, 3.05) is 33.0 Å². The molecule has 2 N–H and O–H groups in total. The Morgan fingerprint density at radius 3 is 2.50 bits per heavy atom. The van der Waals surface area contributed by atoms with Crippen LogP contribution in [-0.2, 0) is 29.4 Å². The zero-order valence-corrected chi connectivity index (χ0v) is 16.2. The van der Waals surface area contributed by atoms with Crippen LogP contribution in [0.4, 0.5) is 0 Å². The molecule has 2 unspecified atom stereocenters. The molecule has 0 bridgehead atoms. The third kappa shape index (κ3) is 3.92. The maximum atomic E-state index is 12.4. The van der Waals surface area contributed by atoms with Gasteiger partial charge in [0.25, 0.3) is 0 Å². The highest BCUT2D eigenvalue weighted by Gasteiger charge is 2.49. The van der Waals surface area contributed by atoms with Gasteiger partial charge in [0, 0.05) is 11.5 Å². The summed E-state index contributed by atoms with van der Waals surface area (Å²) >= 11 is 0. The van der Waals surface area contributed by atoms with Crippen molar-refractivity contribution in [3.8, 4) is 0 Å². The van der Waals surface area contributed by atoms with Gasteiger partial charge in [-0.2, -0.15) is 0 Å². The van der Waals surface area contributed by atoms with Crippen LogP contribution >= 0.6 is 0 Å². The van der Waals surface area contributed by atoms with E-state index >= 15 is 0 Å². The molecule has 4 rings (SSSR count). The summed E-state index contributed by atoms with van der Waals surface area (Å²) < 4.78 is 17.2. The molecule has 1 aromatic carbocycles. The number of benzene rings is 1. The van der Waals surface area contributed by atoms with Crippen molar-refractivity contribution in [2.45, 2.75) is 43.9 Å². The fraction of sp³-hybridized carbons (Fsp3) is 0.619. The predicted molar refractivity (Wildman–Crippen MR) is 102 cm³/mol. The van der Waals surface area contributed by atoms with Gasteiger partial charge in [-0.25, -0.2) is 0 Å². The van der Waals surface area contributed by atoms with Crippen molar-refractivity contribution in [2.24, 2.45) is 5.41 Å². The highest BCUT2D eigenvalue weighted by Crippen LogP contribution is 2.49. The van der Waals surface area contributed by atoms with Gasteiger partial charge in [-0.1, -0.05) is 30.3 Å². The number of rotatable bonds is 4. The Bertz CT molecular complexity index is 711. The Balaban J connectivity index is 1.30. The van der Waals surface area contributed by atoms with Crippen molar-refractivity contribution in [1.82, 2.24) is 10.6 Å². The minimum atomic E-state index is -0.771. The first-order valence-corrected chi connectivity index (χ1v) is 9.98. The molecule has 2 atom stereocenters. The van der Waals surface area contributed by atoms with Crippen molar-refractivity contribution in [3.63, 3.8) is 0 Å². The minimum absolute atomic E-state index is 0.0458. The number of carbonyl (C=O) groups is 2. The molecular weight excluding hydrogens is 360 g/mol. The van der Waals surface area contributed by atoms with E-state index in [-0.39, 0.29) is 24.1 Å². The molecule has 2 amide bonds. The zero-order chi connectivity index (χ0) is 19.6. The van der Waals surface area contributed by atoms with E-state index in [1.807, 2.05) is 30.3 Å². The monoisotopic (exact) mass is 388 g/mol. The summed E-state index contributed by atoms with van der Waals surface area (Å²) in [7, 11) is 0. The number of amides is 2. The molecule has 3 fully saturated rings. The topological polar surface area (TPSA) is 85.9 Å². The summed E-state index contributed by atoms with van der Waals surface area (Å²) in [5.41, 5.74) is 0.345. The van der Waals surface area contributed by atoms with Gasteiger partial charge in [0.2, 0.25) is 0 Å². The molecule has 1 spiro atoms. The smallest absolute Gasteiger partial charge is 0.309 e. The summed E-state index contributed by atoms with van der Waals surface area (Å²) in [4.78, 5) is 24.7. The number of hydrogen-bond donors (Lipinski definition) is 2. The maximum absolute atomic E-state index is 12.4. The summed E-state index contributed by atoms with van der Waals surface area (Å²) in [5, 5.41) is 5.58. The van der Waals surface area contributed by atoms with Crippen molar-refractivity contribution in [3.05, 3.63) is 35.9 Å². The van der Waals surface area contributed by atoms with Crippen LogP contribution in [-0.4, -0.2) is 56.9 Å². The van der Waals surface area contributed by atoms with E-state index in [0.717, 1.165) is 31.4 Å². The average Bonchev–Trinajstić information content (AvgIpc) is 3.09. The SMILES string of the molecule is CC1CC2(CO1)CC(NC(=O)C(=O)NCC1(c3ccccc3)COCCO1)C2. The number of carbonyl (C=O) groups excluding carboxylic acids is 2. The lowest BCUT2D eigenvalue weighted by Crippen LogP contribution is -2.56. The molecule has 7 heteroatoms. The highest BCUT2D eigenvalue weighted by molar-refractivity contribution is 6.35. The minimum Gasteiger partial charge on any atom is -0.378 e. The van der Waals surface area contributed by atoms with Gasteiger partial charge in [0.15, 0.2) is 0 Å². The Kier molecular flexibility index (Phi) is 5.40. The van der Waals surface area contributed by atoms with Crippen LogP contribution in [0.15, 0.2) is 30.3 Å². The first-order chi connectivity index (χ1) is 13.5. The molecule has 0 radical (unpaired) electrons. The van der Waals surface area contributed by atoms with Crippen LogP contribution < -0.4 is 10.6 Å². The van der Waals surface area contributed by atoms with E-state index in [1.54, 1.807) is 0 Å². The van der Waals surface area contributed by atoms with Crippen LogP contribution in [0, 0.1) is 5.41 Å². The Hall–Kier alpha value is -1.96. The Labute approximate surface area is 165 Å². The van der Waals surface area contributed by atoms with Gasteiger partial charge in [0.1, 0.15) is 5.60 Å². The van der Waals surface area contributed by atoms with Crippen LogP contribution in [0.3, 0.4) is 0 Å². The summed E-state index contributed by atoms with van der Waals surface area (Å²) in [6, 6.07) is 9.70. The normalized spacial score (nSPS) is 34.6. The summed E-state index contributed by atoms with van der Waals surface area (Å²) in [6.07, 6.45) is 3.07. The molecule has 152 valence electrons. The van der Waals surface area contributed by atoms with Crippen LogP contribution in [0.2, 0.25) is 0 Å². The van der Waals surface area contributed by atoms with Crippen LogP contribution in [0.25, 0.3) is 0 Å². The van der Waals surface area contributed by atoms with Crippen molar-refractivity contribution in [1.29, 1.82) is 0 Å². The zero-order valence-electron chi connectivity index (χ0n) is 16.2. The van der Waals surface area contributed by atoms with E-state index in [4.69, 9.17) is 14.2 Å². The molecule has 28 heavy (non-hydrogen) atoms. The van der Waals surface area contributed by atoms with E-state index < -0.39 is 17.4 Å². The average molecular weight is 388 g/mol. The van der Waals surface area contributed by atoms with Crippen LogP contribution in [0.5, 0.6) is 0 Å². The first-order valence-electron chi connectivity index (χ1n) is 9.98. The molecule has 1 aromatic rings. The third-order valence-electron chi connectivity index (χ3n) is 6.07. The Morgan fingerprint density at radius 1 is 1.07 bits per heavy atom. The van der Waals surface area contributed by atoms with Gasteiger partial charge in [0.05, 0.1) is 39.1 Å². The van der Waals surface area contributed by atoms with E-state index in [2.05, 4.69) is 17.6 Å². The molecular formula is C21H28N2O5. The standard InChI is InChI=1S/C21H28N2O5/c1-15-9-20(13-27-15)10-17(11-20)23-19(25)18(24)22-12-21(14-26-7-8-28-21)16-5-3-2-4-6-16/h2-6,15,17H,7-14H2,1H3,(H,22,24)(H,23,25). The number of nitrogens with one attached hydrogen (secondary N) is 2.